The van der Waals surface area contributed by atoms with E-state index < -0.39 is 0 Å². The van der Waals surface area contributed by atoms with Crippen molar-refractivity contribution in [2.24, 2.45) is 5.92 Å². The Balaban J connectivity index is 1.60. The van der Waals surface area contributed by atoms with Gasteiger partial charge in [-0.05, 0) is 48.3 Å². The molecule has 0 aliphatic heterocycles. The number of hydrogen-bond acceptors (Lipinski definition) is 7. The standard InChI is InChI=1S/C26H33ClN6OS/c1-17(19-7-5-4-6-8-19)24(25(34-2)28-14-18-9-11-21(27)12-10-18)32-23-13-22(20-15-29-30-16-20)31-26(33-23)35-3/h9-13,15-16,19,24-25,28H,1,4-8,14H2,2-3H3,(H,29,30)(H,31,32,33). The first-order valence-corrected chi connectivity index (χ1v) is 13.6. The lowest BCUT2D eigenvalue weighted by molar-refractivity contribution is 0.0615. The van der Waals surface area contributed by atoms with Crippen LogP contribution in [0.4, 0.5) is 5.82 Å². The average Bonchev–Trinajstić information content (AvgIpc) is 3.44. The Kier molecular flexibility index (Phi) is 9.20. The molecule has 3 aromatic rings. The number of hydrogen-bond donors (Lipinski definition) is 3. The van der Waals surface area contributed by atoms with Gasteiger partial charge in [-0.1, -0.05) is 61.3 Å². The number of H-pyrrole nitrogens is 1. The van der Waals surface area contributed by atoms with Gasteiger partial charge in [0.2, 0.25) is 0 Å². The molecule has 0 radical (unpaired) electrons. The summed E-state index contributed by atoms with van der Waals surface area (Å²) in [5, 5.41) is 15.6. The lowest BCUT2D eigenvalue weighted by Crippen LogP contribution is -2.47. The highest BCUT2D eigenvalue weighted by atomic mass is 35.5. The van der Waals surface area contributed by atoms with Crippen LogP contribution in [0.5, 0.6) is 0 Å². The predicted octanol–water partition coefficient (Wildman–Crippen LogP) is 5.92. The van der Waals surface area contributed by atoms with E-state index in [1.54, 1.807) is 13.3 Å². The molecule has 4 rings (SSSR count). The fraction of sp³-hybridized carbons (Fsp3) is 0.423. The van der Waals surface area contributed by atoms with Crippen LogP contribution in [-0.2, 0) is 11.3 Å². The maximum atomic E-state index is 6.06. The third-order valence-corrected chi connectivity index (χ3v) is 7.29. The van der Waals surface area contributed by atoms with E-state index in [2.05, 4.69) is 32.4 Å². The van der Waals surface area contributed by atoms with Crippen LogP contribution in [0.3, 0.4) is 0 Å². The molecule has 0 bridgehead atoms. The molecule has 2 atom stereocenters. The molecule has 3 N–H and O–H groups in total. The van der Waals surface area contributed by atoms with Crippen molar-refractivity contribution >= 4 is 29.2 Å². The number of methoxy groups -OCH3 is 1. The van der Waals surface area contributed by atoms with Gasteiger partial charge in [0, 0.05) is 36.5 Å². The van der Waals surface area contributed by atoms with Gasteiger partial charge in [-0.3, -0.25) is 10.4 Å². The Morgan fingerprint density at radius 1 is 1.23 bits per heavy atom. The number of nitrogens with zero attached hydrogens (tertiary/aromatic N) is 3. The van der Waals surface area contributed by atoms with Crippen molar-refractivity contribution in [3.05, 3.63) is 65.5 Å². The highest BCUT2D eigenvalue weighted by Gasteiger charge is 2.30. The molecule has 1 aliphatic rings. The summed E-state index contributed by atoms with van der Waals surface area (Å²) < 4.78 is 5.98. The zero-order chi connectivity index (χ0) is 24.6. The highest BCUT2D eigenvalue weighted by Crippen LogP contribution is 2.33. The van der Waals surface area contributed by atoms with Gasteiger partial charge >= 0.3 is 0 Å². The minimum absolute atomic E-state index is 0.169. The van der Waals surface area contributed by atoms with Crippen LogP contribution in [0.15, 0.2) is 60.0 Å². The molecule has 0 saturated heterocycles. The van der Waals surface area contributed by atoms with Crippen LogP contribution >= 0.6 is 23.4 Å². The number of aromatic amines is 1. The first-order chi connectivity index (χ1) is 17.1. The van der Waals surface area contributed by atoms with E-state index in [0.717, 1.165) is 46.1 Å². The number of halogens is 1. The molecule has 186 valence electrons. The summed E-state index contributed by atoms with van der Waals surface area (Å²) in [4.78, 5) is 9.40. The smallest absolute Gasteiger partial charge is 0.189 e. The van der Waals surface area contributed by atoms with Crippen LogP contribution in [-0.4, -0.2) is 45.8 Å². The number of aromatic nitrogens is 4. The highest BCUT2D eigenvalue weighted by molar-refractivity contribution is 7.98. The molecule has 1 saturated carbocycles. The van der Waals surface area contributed by atoms with E-state index in [1.807, 2.05) is 42.8 Å². The van der Waals surface area contributed by atoms with Crippen molar-refractivity contribution in [2.45, 2.75) is 56.1 Å². The summed E-state index contributed by atoms with van der Waals surface area (Å²) in [5.41, 5.74) is 4.00. The second kappa shape index (κ2) is 12.5. The molecule has 0 spiro atoms. The summed E-state index contributed by atoms with van der Waals surface area (Å²) in [6.45, 7) is 5.21. The van der Waals surface area contributed by atoms with Gasteiger partial charge in [-0.15, -0.1) is 0 Å². The van der Waals surface area contributed by atoms with Crippen LogP contribution in [0, 0.1) is 5.92 Å². The van der Waals surface area contributed by atoms with Crippen LogP contribution < -0.4 is 10.6 Å². The first-order valence-electron chi connectivity index (χ1n) is 12.0. The quantitative estimate of drug-likeness (QED) is 0.127. The molecule has 1 fully saturated rings. The molecule has 35 heavy (non-hydrogen) atoms. The monoisotopic (exact) mass is 512 g/mol. The molecule has 1 aromatic carbocycles. The maximum absolute atomic E-state index is 6.06. The van der Waals surface area contributed by atoms with Crippen LogP contribution in [0.25, 0.3) is 11.3 Å². The van der Waals surface area contributed by atoms with Crippen molar-refractivity contribution < 1.29 is 4.74 Å². The minimum atomic E-state index is -0.301. The van der Waals surface area contributed by atoms with Crippen LogP contribution in [0.2, 0.25) is 5.02 Å². The lowest BCUT2D eigenvalue weighted by atomic mass is 9.81. The summed E-state index contributed by atoms with van der Waals surface area (Å²) in [5.74, 6) is 1.18. The largest absolute Gasteiger partial charge is 0.364 e. The van der Waals surface area contributed by atoms with Gasteiger partial charge in [0.1, 0.15) is 12.0 Å². The lowest BCUT2D eigenvalue weighted by Gasteiger charge is -2.35. The molecule has 7 nitrogen and oxygen atoms in total. The number of benzene rings is 1. The van der Waals surface area contributed by atoms with Gasteiger partial charge < -0.3 is 10.1 Å². The maximum Gasteiger partial charge on any atom is 0.189 e. The molecule has 0 amide bonds. The van der Waals surface area contributed by atoms with Crippen molar-refractivity contribution in [1.29, 1.82) is 0 Å². The Morgan fingerprint density at radius 2 is 2.00 bits per heavy atom. The number of nitrogens with one attached hydrogen (secondary N) is 3. The molecule has 2 aromatic heterocycles. The minimum Gasteiger partial charge on any atom is -0.364 e. The molecule has 9 heteroatoms. The summed E-state index contributed by atoms with van der Waals surface area (Å²) in [6, 6.07) is 9.63. The Morgan fingerprint density at radius 3 is 2.66 bits per heavy atom. The second-order valence-corrected chi connectivity index (χ2v) is 10.0. The van der Waals surface area contributed by atoms with Gasteiger partial charge in [0.25, 0.3) is 0 Å². The SMILES string of the molecule is C=C(C1CCCCC1)C(Nc1cc(-c2cn[nH]c2)nc(SC)n1)C(NCc1ccc(Cl)cc1)OC. The number of thioether (sulfide) groups is 1. The molecule has 1 aliphatic carbocycles. The zero-order valence-electron chi connectivity index (χ0n) is 20.3. The average molecular weight is 513 g/mol. The van der Waals surface area contributed by atoms with Crippen molar-refractivity contribution in [3.63, 3.8) is 0 Å². The molecular weight excluding hydrogens is 480 g/mol. The zero-order valence-corrected chi connectivity index (χ0v) is 21.8. The van der Waals surface area contributed by atoms with Crippen LogP contribution in [0.1, 0.15) is 37.7 Å². The predicted molar refractivity (Wildman–Crippen MR) is 144 cm³/mol. The van der Waals surface area contributed by atoms with Gasteiger partial charge in [0.15, 0.2) is 5.16 Å². The van der Waals surface area contributed by atoms with Crippen molar-refractivity contribution in [2.75, 3.05) is 18.7 Å². The number of ether oxygens (including phenoxy) is 1. The third kappa shape index (κ3) is 6.85. The van der Waals surface area contributed by atoms with E-state index in [0.29, 0.717) is 17.6 Å². The van der Waals surface area contributed by atoms with E-state index >= 15 is 0 Å². The topological polar surface area (TPSA) is 87.8 Å². The molecule has 2 heterocycles. The van der Waals surface area contributed by atoms with E-state index in [4.69, 9.17) is 21.3 Å². The van der Waals surface area contributed by atoms with Crippen molar-refractivity contribution in [1.82, 2.24) is 25.5 Å². The Labute approximate surface area is 216 Å². The van der Waals surface area contributed by atoms with Gasteiger partial charge in [0.05, 0.1) is 17.9 Å². The number of rotatable bonds is 11. The summed E-state index contributed by atoms with van der Waals surface area (Å²) in [7, 11) is 1.73. The molecular formula is C26H33ClN6OS. The fourth-order valence-electron chi connectivity index (χ4n) is 4.54. The van der Waals surface area contributed by atoms with E-state index in [1.165, 1.54) is 31.0 Å². The second-order valence-electron chi connectivity index (χ2n) is 8.81. The summed E-state index contributed by atoms with van der Waals surface area (Å²) >= 11 is 7.57. The number of anilines is 1. The van der Waals surface area contributed by atoms with Gasteiger partial charge in [-0.25, -0.2) is 9.97 Å². The fourth-order valence-corrected chi connectivity index (χ4v) is 5.04. The third-order valence-electron chi connectivity index (χ3n) is 6.49. The Bertz CT molecular complexity index is 1090. The first kappa shape index (κ1) is 25.7. The Hall–Kier alpha value is -2.39. The van der Waals surface area contributed by atoms with Crippen molar-refractivity contribution in [3.8, 4) is 11.3 Å². The summed E-state index contributed by atoms with van der Waals surface area (Å²) in [6.07, 6.45) is 11.4. The molecule has 2 unspecified atom stereocenters. The van der Waals surface area contributed by atoms with E-state index in [9.17, 15) is 0 Å². The normalized spacial score (nSPS) is 16.1. The van der Waals surface area contributed by atoms with E-state index in [-0.39, 0.29) is 12.3 Å². The van der Waals surface area contributed by atoms with Gasteiger partial charge in [-0.2, -0.15) is 5.10 Å².